The molecule has 0 aromatic heterocycles. The lowest BCUT2D eigenvalue weighted by molar-refractivity contribution is -0.128. The summed E-state index contributed by atoms with van der Waals surface area (Å²) in [6, 6.07) is 5.95. The van der Waals surface area contributed by atoms with Gasteiger partial charge in [0.05, 0.1) is 12.6 Å². The average molecular weight is 263 g/mol. The summed E-state index contributed by atoms with van der Waals surface area (Å²) in [5.74, 6) is -0.345. The van der Waals surface area contributed by atoms with Crippen molar-refractivity contribution in [3.05, 3.63) is 41.2 Å². The van der Waals surface area contributed by atoms with Gasteiger partial charge in [0.2, 0.25) is 5.91 Å². The Morgan fingerprint density at radius 3 is 2.79 bits per heavy atom. The van der Waals surface area contributed by atoms with Gasteiger partial charge in [0, 0.05) is 12.1 Å². The van der Waals surface area contributed by atoms with Crippen LogP contribution in [-0.4, -0.2) is 35.1 Å². The zero-order valence-electron chi connectivity index (χ0n) is 11.0. The fraction of sp³-hybridized carbons (Fsp3) is 0.400. The molecule has 0 spiro atoms. The van der Waals surface area contributed by atoms with Crippen LogP contribution >= 0.6 is 0 Å². The first-order valence-corrected chi connectivity index (χ1v) is 6.47. The van der Waals surface area contributed by atoms with E-state index in [2.05, 4.69) is 0 Å². The fourth-order valence-electron chi connectivity index (χ4n) is 2.39. The Labute approximate surface area is 112 Å². The molecule has 1 atom stereocenters. The quantitative estimate of drug-likeness (QED) is 0.849. The lowest BCUT2D eigenvalue weighted by atomic mass is 10.1. The maximum Gasteiger partial charge on any atom is 0.249 e. The maximum absolute atomic E-state index is 12.8. The van der Waals surface area contributed by atoms with Crippen molar-refractivity contribution in [2.45, 2.75) is 25.8 Å². The Kier molecular flexibility index (Phi) is 4.32. The normalized spacial score (nSPS) is 19.8. The van der Waals surface area contributed by atoms with Gasteiger partial charge in [-0.05, 0) is 43.5 Å². The van der Waals surface area contributed by atoms with Crippen LogP contribution in [0.1, 0.15) is 25.3 Å². The Morgan fingerprint density at radius 2 is 2.16 bits per heavy atom. The number of carbonyl (C=O) groups is 1. The molecule has 0 saturated carbocycles. The smallest absolute Gasteiger partial charge is 0.249 e. The highest BCUT2D eigenvalue weighted by Gasteiger charge is 2.28. The number of hydrogen-bond acceptors (Lipinski definition) is 2. The predicted molar refractivity (Wildman–Crippen MR) is 71.9 cm³/mol. The minimum atomic E-state index is -0.291. The standard InChI is InChI=1S/C15H18FNO2/c1-11(9-12-4-6-13(16)7-5-12)15(19)17-8-2-3-14(17)10-18/h4-7,9,14,18H,2-3,8,10H2,1H3/b11-9+. The minimum absolute atomic E-state index is 0.00949. The summed E-state index contributed by atoms with van der Waals surface area (Å²) in [5, 5.41) is 9.23. The first-order valence-electron chi connectivity index (χ1n) is 6.47. The molecule has 1 N–H and O–H groups in total. The Bertz CT molecular complexity index is 481. The second kappa shape index (κ2) is 5.97. The Balaban J connectivity index is 2.12. The van der Waals surface area contributed by atoms with Crippen LogP contribution in [-0.2, 0) is 4.79 Å². The van der Waals surface area contributed by atoms with Gasteiger partial charge >= 0.3 is 0 Å². The SMILES string of the molecule is C/C(=C\c1ccc(F)cc1)C(=O)N1CCCC1CO. The number of aliphatic hydroxyl groups excluding tert-OH is 1. The summed E-state index contributed by atoms with van der Waals surface area (Å²) < 4.78 is 12.8. The molecule has 4 heteroatoms. The highest BCUT2D eigenvalue weighted by atomic mass is 19.1. The van der Waals surface area contributed by atoms with E-state index in [0.717, 1.165) is 18.4 Å². The second-order valence-electron chi connectivity index (χ2n) is 4.86. The van der Waals surface area contributed by atoms with Crippen LogP contribution in [0.15, 0.2) is 29.8 Å². The maximum atomic E-state index is 12.8. The molecule has 0 aliphatic carbocycles. The van der Waals surface area contributed by atoms with E-state index in [-0.39, 0.29) is 24.4 Å². The van der Waals surface area contributed by atoms with Crippen LogP contribution in [0.5, 0.6) is 0 Å². The molecule has 1 amide bonds. The summed E-state index contributed by atoms with van der Waals surface area (Å²) in [7, 11) is 0. The van der Waals surface area contributed by atoms with E-state index < -0.39 is 0 Å². The van der Waals surface area contributed by atoms with Crippen molar-refractivity contribution in [3.8, 4) is 0 Å². The topological polar surface area (TPSA) is 40.5 Å². The molecule has 1 saturated heterocycles. The van der Waals surface area contributed by atoms with Crippen LogP contribution < -0.4 is 0 Å². The van der Waals surface area contributed by atoms with Gasteiger partial charge in [0.15, 0.2) is 0 Å². The van der Waals surface area contributed by atoms with Crippen LogP contribution in [0.25, 0.3) is 6.08 Å². The molecule has 3 nitrogen and oxygen atoms in total. The zero-order chi connectivity index (χ0) is 13.8. The van der Waals surface area contributed by atoms with Crippen LogP contribution in [0.3, 0.4) is 0 Å². The highest BCUT2D eigenvalue weighted by molar-refractivity contribution is 5.97. The van der Waals surface area contributed by atoms with Gasteiger partial charge in [-0.2, -0.15) is 0 Å². The zero-order valence-corrected chi connectivity index (χ0v) is 11.0. The predicted octanol–water partition coefficient (Wildman–Crippen LogP) is 2.21. The number of benzene rings is 1. The van der Waals surface area contributed by atoms with Crippen molar-refractivity contribution in [1.82, 2.24) is 4.90 Å². The third-order valence-electron chi connectivity index (χ3n) is 3.44. The highest BCUT2D eigenvalue weighted by Crippen LogP contribution is 2.20. The molecule has 1 aliphatic rings. The molecule has 102 valence electrons. The number of carbonyl (C=O) groups excluding carboxylic acids is 1. The van der Waals surface area contributed by atoms with Gasteiger partial charge in [-0.3, -0.25) is 4.79 Å². The molecular formula is C15H18FNO2. The summed E-state index contributed by atoms with van der Waals surface area (Å²) in [6.45, 7) is 2.45. The lowest BCUT2D eigenvalue weighted by Crippen LogP contribution is -2.38. The van der Waals surface area contributed by atoms with Gasteiger partial charge in [0.25, 0.3) is 0 Å². The van der Waals surface area contributed by atoms with E-state index in [9.17, 15) is 14.3 Å². The lowest BCUT2D eigenvalue weighted by Gasteiger charge is -2.23. The van der Waals surface area contributed by atoms with Crippen molar-refractivity contribution >= 4 is 12.0 Å². The van der Waals surface area contributed by atoms with Crippen molar-refractivity contribution in [3.63, 3.8) is 0 Å². The summed E-state index contributed by atoms with van der Waals surface area (Å²) in [6.07, 6.45) is 3.53. The number of nitrogens with zero attached hydrogens (tertiary/aromatic N) is 1. The summed E-state index contributed by atoms with van der Waals surface area (Å²) in [5.41, 5.74) is 1.40. The van der Waals surface area contributed by atoms with E-state index in [1.54, 1.807) is 30.0 Å². The van der Waals surface area contributed by atoms with Crippen molar-refractivity contribution in [2.75, 3.05) is 13.2 Å². The first-order chi connectivity index (χ1) is 9.11. The van der Waals surface area contributed by atoms with E-state index in [1.165, 1.54) is 12.1 Å². The average Bonchev–Trinajstić information content (AvgIpc) is 2.88. The van der Waals surface area contributed by atoms with Gasteiger partial charge < -0.3 is 10.0 Å². The number of rotatable bonds is 3. The molecule has 1 aromatic carbocycles. The monoisotopic (exact) mass is 263 g/mol. The summed E-state index contributed by atoms with van der Waals surface area (Å²) in [4.78, 5) is 14.0. The fourth-order valence-corrected chi connectivity index (χ4v) is 2.39. The molecule has 19 heavy (non-hydrogen) atoms. The molecular weight excluding hydrogens is 245 g/mol. The number of likely N-dealkylation sites (tertiary alicyclic amines) is 1. The number of hydrogen-bond donors (Lipinski definition) is 1. The van der Waals surface area contributed by atoms with Gasteiger partial charge in [-0.15, -0.1) is 0 Å². The minimum Gasteiger partial charge on any atom is -0.394 e. The summed E-state index contributed by atoms with van der Waals surface area (Å²) >= 11 is 0. The second-order valence-corrected chi connectivity index (χ2v) is 4.86. The largest absolute Gasteiger partial charge is 0.394 e. The molecule has 2 rings (SSSR count). The molecule has 1 heterocycles. The number of halogens is 1. The van der Waals surface area contributed by atoms with Crippen LogP contribution in [0, 0.1) is 5.82 Å². The molecule has 1 aliphatic heterocycles. The Morgan fingerprint density at radius 1 is 1.47 bits per heavy atom. The number of aliphatic hydroxyl groups is 1. The molecule has 1 aromatic rings. The number of amides is 1. The molecule has 0 radical (unpaired) electrons. The van der Waals surface area contributed by atoms with Gasteiger partial charge in [0.1, 0.15) is 5.82 Å². The van der Waals surface area contributed by atoms with E-state index in [4.69, 9.17) is 0 Å². The van der Waals surface area contributed by atoms with Crippen LogP contribution in [0.2, 0.25) is 0 Å². The van der Waals surface area contributed by atoms with Crippen molar-refractivity contribution in [2.24, 2.45) is 0 Å². The van der Waals surface area contributed by atoms with E-state index >= 15 is 0 Å². The molecule has 1 unspecified atom stereocenters. The Hall–Kier alpha value is -1.68. The first kappa shape index (κ1) is 13.7. The molecule has 0 bridgehead atoms. The van der Waals surface area contributed by atoms with Crippen molar-refractivity contribution in [1.29, 1.82) is 0 Å². The van der Waals surface area contributed by atoms with E-state index in [0.29, 0.717) is 12.1 Å². The van der Waals surface area contributed by atoms with Gasteiger partial charge in [-0.1, -0.05) is 12.1 Å². The van der Waals surface area contributed by atoms with Crippen molar-refractivity contribution < 1.29 is 14.3 Å². The van der Waals surface area contributed by atoms with Gasteiger partial charge in [-0.25, -0.2) is 4.39 Å². The third-order valence-corrected chi connectivity index (χ3v) is 3.44. The van der Waals surface area contributed by atoms with E-state index in [1.807, 2.05) is 0 Å². The van der Waals surface area contributed by atoms with Crippen LogP contribution in [0.4, 0.5) is 4.39 Å². The molecule has 1 fully saturated rings. The third kappa shape index (κ3) is 3.20.